The van der Waals surface area contributed by atoms with Crippen LogP contribution < -0.4 is 0 Å². The highest BCUT2D eigenvalue weighted by Crippen LogP contribution is 2.34. The third-order valence-electron chi connectivity index (χ3n) is 4.51. The molecule has 1 unspecified atom stereocenters. The van der Waals surface area contributed by atoms with E-state index in [1.807, 2.05) is 12.3 Å². The van der Waals surface area contributed by atoms with Gasteiger partial charge in [-0.25, -0.2) is 0 Å². The molecule has 0 spiro atoms. The topological polar surface area (TPSA) is 12.9 Å². The van der Waals surface area contributed by atoms with E-state index in [-0.39, 0.29) is 0 Å². The van der Waals surface area contributed by atoms with Crippen LogP contribution in [-0.2, 0) is 0 Å². The fraction of sp³-hybridized carbons (Fsp3) is 0.706. The van der Waals surface area contributed by atoms with Crippen molar-refractivity contribution in [2.45, 2.75) is 70.6 Å². The Kier molecular flexibility index (Phi) is 5.70. The zero-order valence-corrected chi connectivity index (χ0v) is 11.8. The highest BCUT2D eigenvalue weighted by molar-refractivity contribution is 5.09. The average Bonchev–Trinajstić information content (AvgIpc) is 2.38. The largest absolute Gasteiger partial charge is 0.261 e. The zero-order valence-electron chi connectivity index (χ0n) is 11.8. The summed E-state index contributed by atoms with van der Waals surface area (Å²) in [6.45, 7) is 2.33. The molecular formula is C17H27N. The van der Waals surface area contributed by atoms with Crippen molar-refractivity contribution in [2.75, 3.05) is 0 Å². The third kappa shape index (κ3) is 4.12. The van der Waals surface area contributed by atoms with Crippen molar-refractivity contribution in [3.8, 4) is 0 Å². The van der Waals surface area contributed by atoms with Gasteiger partial charge in [0.1, 0.15) is 0 Å². The van der Waals surface area contributed by atoms with Crippen LogP contribution in [0.25, 0.3) is 0 Å². The van der Waals surface area contributed by atoms with Crippen LogP contribution in [0.15, 0.2) is 24.4 Å². The Hall–Kier alpha value is -0.850. The molecule has 1 atom stereocenters. The van der Waals surface area contributed by atoms with E-state index < -0.39 is 0 Å². The summed E-state index contributed by atoms with van der Waals surface area (Å²) in [6, 6.07) is 6.26. The van der Waals surface area contributed by atoms with E-state index in [4.69, 9.17) is 0 Å². The first-order valence-corrected chi connectivity index (χ1v) is 7.79. The van der Waals surface area contributed by atoms with Gasteiger partial charge in [0.05, 0.1) is 0 Å². The molecule has 0 aliphatic heterocycles. The number of nitrogens with zero attached hydrogens (tertiary/aromatic N) is 1. The van der Waals surface area contributed by atoms with Crippen molar-refractivity contribution in [3.05, 3.63) is 30.1 Å². The van der Waals surface area contributed by atoms with Crippen LogP contribution >= 0.6 is 0 Å². The van der Waals surface area contributed by atoms with Crippen LogP contribution in [0.2, 0.25) is 0 Å². The summed E-state index contributed by atoms with van der Waals surface area (Å²) in [5, 5.41) is 0. The van der Waals surface area contributed by atoms with Gasteiger partial charge in [-0.05, 0) is 30.9 Å². The van der Waals surface area contributed by atoms with Crippen molar-refractivity contribution in [1.82, 2.24) is 4.98 Å². The van der Waals surface area contributed by atoms with Gasteiger partial charge in [-0.2, -0.15) is 0 Å². The average molecular weight is 245 g/mol. The predicted octanol–water partition coefficient (Wildman–Crippen LogP) is 5.33. The van der Waals surface area contributed by atoms with Gasteiger partial charge in [-0.1, -0.05) is 57.9 Å². The van der Waals surface area contributed by atoms with Gasteiger partial charge >= 0.3 is 0 Å². The molecule has 1 heteroatoms. The number of hydrogen-bond acceptors (Lipinski definition) is 1. The van der Waals surface area contributed by atoms with Crippen molar-refractivity contribution >= 4 is 0 Å². The van der Waals surface area contributed by atoms with Gasteiger partial charge in [-0.15, -0.1) is 0 Å². The molecule has 1 nitrogen and oxygen atoms in total. The minimum atomic E-state index is 0.650. The van der Waals surface area contributed by atoms with Crippen LogP contribution in [-0.4, -0.2) is 4.98 Å². The number of aromatic nitrogens is 1. The summed E-state index contributed by atoms with van der Waals surface area (Å²) in [5.41, 5.74) is 1.28. The van der Waals surface area contributed by atoms with Crippen molar-refractivity contribution < 1.29 is 0 Å². The van der Waals surface area contributed by atoms with E-state index >= 15 is 0 Å². The Morgan fingerprint density at radius 1 is 0.944 bits per heavy atom. The summed E-state index contributed by atoms with van der Waals surface area (Å²) >= 11 is 0. The lowest BCUT2D eigenvalue weighted by Crippen LogP contribution is -2.14. The molecule has 2 fully saturated rings. The molecule has 0 amide bonds. The van der Waals surface area contributed by atoms with Crippen LogP contribution in [0, 0.1) is 5.92 Å². The molecule has 100 valence electrons. The summed E-state index contributed by atoms with van der Waals surface area (Å²) < 4.78 is 0. The van der Waals surface area contributed by atoms with E-state index in [1.54, 1.807) is 0 Å². The van der Waals surface area contributed by atoms with E-state index in [9.17, 15) is 0 Å². The zero-order chi connectivity index (χ0) is 12.6. The maximum Gasteiger partial charge on any atom is 0.0434 e. The Labute approximate surface area is 112 Å². The molecule has 0 radical (unpaired) electrons. The van der Waals surface area contributed by atoms with Gasteiger partial charge in [0.15, 0.2) is 0 Å². The van der Waals surface area contributed by atoms with Crippen molar-refractivity contribution in [1.29, 1.82) is 0 Å². The normalized spacial score (nSPS) is 21.4. The molecule has 2 aliphatic carbocycles. The van der Waals surface area contributed by atoms with Gasteiger partial charge in [0.2, 0.25) is 0 Å². The highest BCUT2D eigenvalue weighted by Gasteiger charge is 2.21. The Morgan fingerprint density at radius 3 is 2.06 bits per heavy atom. The summed E-state index contributed by atoms with van der Waals surface area (Å²) in [5.74, 6) is 1.52. The monoisotopic (exact) mass is 245 g/mol. The second-order valence-corrected chi connectivity index (χ2v) is 5.86. The Bertz CT molecular complexity index is 306. The molecule has 0 aromatic carbocycles. The molecule has 1 aromatic rings. The van der Waals surface area contributed by atoms with Crippen molar-refractivity contribution in [2.24, 2.45) is 5.92 Å². The Balaban J connectivity index is 0.000000256. The third-order valence-corrected chi connectivity index (χ3v) is 4.51. The fourth-order valence-corrected chi connectivity index (χ4v) is 2.77. The predicted molar refractivity (Wildman–Crippen MR) is 77.7 cm³/mol. The molecule has 18 heavy (non-hydrogen) atoms. The van der Waals surface area contributed by atoms with Crippen LogP contribution in [0.1, 0.15) is 76.3 Å². The van der Waals surface area contributed by atoms with Gasteiger partial charge < -0.3 is 0 Å². The molecule has 3 rings (SSSR count). The van der Waals surface area contributed by atoms with Gasteiger partial charge in [0, 0.05) is 17.8 Å². The maximum absolute atomic E-state index is 4.45. The lowest BCUT2D eigenvalue weighted by Gasteiger charge is -2.27. The maximum atomic E-state index is 4.45. The first-order valence-electron chi connectivity index (χ1n) is 7.79. The molecular weight excluding hydrogens is 218 g/mol. The molecule has 2 aliphatic rings. The number of rotatable bonds is 2. The summed E-state index contributed by atoms with van der Waals surface area (Å²) in [4.78, 5) is 4.45. The first kappa shape index (κ1) is 13.6. The molecule has 0 bridgehead atoms. The number of hydrogen-bond donors (Lipinski definition) is 0. The minimum absolute atomic E-state index is 0.650. The second-order valence-electron chi connectivity index (χ2n) is 5.86. The van der Waals surface area contributed by atoms with E-state index in [0.29, 0.717) is 5.92 Å². The van der Waals surface area contributed by atoms with E-state index in [0.717, 1.165) is 5.92 Å². The molecule has 1 heterocycles. The van der Waals surface area contributed by atoms with Gasteiger partial charge in [0.25, 0.3) is 0 Å². The SMILES string of the molecule is C1CCC1.CC(c1ccccn1)C1CCCCC1. The highest BCUT2D eigenvalue weighted by atomic mass is 14.7. The standard InChI is InChI=1S/C13H19N.C4H8/c1-11(12-7-3-2-4-8-12)13-9-5-6-10-14-13;1-2-4-3-1/h5-6,9-12H,2-4,7-8H2,1H3;1-4H2. The minimum Gasteiger partial charge on any atom is -0.261 e. The molecule has 1 aromatic heterocycles. The lowest BCUT2D eigenvalue weighted by atomic mass is 9.79. The molecule has 2 saturated carbocycles. The van der Waals surface area contributed by atoms with E-state index in [2.05, 4.69) is 24.0 Å². The second kappa shape index (κ2) is 7.56. The Morgan fingerprint density at radius 2 is 1.56 bits per heavy atom. The lowest BCUT2D eigenvalue weighted by molar-refractivity contribution is 0.313. The van der Waals surface area contributed by atoms with Crippen LogP contribution in [0.3, 0.4) is 0 Å². The summed E-state index contributed by atoms with van der Waals surface area (Å²) in [7, 11) is 0. The summed E-state index contributed by atoms with van der Waals surface area (Å²) in [6.07, 6.45) is 15.0. The van der Waals surface area contributed by atoms with Crippen LogP contribution in [0.5, 0.6) is 0 Å². The van der Waals surface area contributed by atoms with Crippen LogP contribution in [0.4, 0.5) is 0 Å². The van der Waals surface area contributed by atoms with Crippen molar-refractivity contribution in [3.63, 3.8) is 0 Å². The fourth-order valence-electron chi connectivity index (χ4n) is 2.77. The molecule has 0 N–H and O–H groups in total. The van der Waals surface area contributed by atoms with Gasteiger partial charge in [-0.3, -0.25) is 4.98 Å². The first-order chi connectivity index (χ1) is 8.88. The molecule has 0 saturated heterocycles. The number of pyridine rings is 1. The quantitative estimate of drug-likeness (QED) is 0.686. The smallest absolute Gasteiger partial charge is 0.0434 e. The van der Waals surface area contributed by atoms with E-state index in [1.165, 1.54) is 63.5 Å².